The fourth-order valence-corrected chi connectivity index (χ4v) is 2.10. The molecule has 0 aromatic heterocycles. The van der Waals surface area contributed by atoms with Gasteiger partial charge in [-0.25, -0.2) is 0 Å². The second-order valence-electron chi connectivity index (χ2n) is 4.31. The number of nitrogens with two attached hydrogens (primary N) is 1. The third-order valence-electron chi connectivity index (χ3n) is 3.06. The van der Waals surface area contributed by atoms with Gasteiger partial charge in [-0.1, -0.05) is 24.3 Å². The van der Waals surface area contributed by atoms with Crippen LogP contribution >= 0.6 is 0 Å². The van der Waals surface area contributed by atoms with Crippen LogP contribution in [-0.2, 0) is 0 Å². The quantitative estimate of drug-likeness (QED) is 0.821. The van der Waals surface area contributed by atoms with Crippen molar-refractivity contribution in [2.75, 3.05) is 24.5 Å². The Morgan fingerprint density at radius 1 is 1.42 bits per heavy atom. The Hall–Kier alpha value is -2.23. The van der Waals surface area contributed by atoms with Crippen LogP contribution in [0.3, 0.4) is 0 Å². The van der Waals surface area contributed by atoms with Gasteiger partial charge in [-0.05, 0) is 25.1 Å². The highest BCUT2D eigenvalue weighted by molar-refractivity contribution is 5.81. The molecule has 1 aromatic rings. The molecule has 0 bridgehead atoms. The molecule has 100 valence electrons. The van der Waals surface area contributed by atoms with Gasteiger partial charge in [0.2, 0.25) is 0 Å². The van der Waals surface area contributed by atoms with Crippen LogP contribution in [0.15, 0.2) is 59.9 Å². The Morgan fingerprint density at radius 2 is 2.16 bits per heavy atom. The van der Waals surface area contributed by atoms with Gasteiger partial charge in [0.1, 0.15) is 5.82 Å². The Kier molecular flexibility index (Phi) is 4.23. The highest BCUT2D eigenvalue weighted by atomic mass is 15.3. The molecular formula is C15H20N4. The topological polar surface area (TPSA) is 44.9 Å². The van der Waals surface area contributed by atoms with Crippen LogP contribution in [0.5, 0.6) is 0 Å². The van der Waals surface area contributed by atoms with E-state index < -0.39 is 0 Å². The van der Waals surface area contributed by atoms with E-state index in [9.17, 15) is 0 Å². The van der Waals surface area contributed by atoms with E-state index in [0.717, 1.165) is 31.1 Å². The van der Waals surface area contributed by atoms with Gasteiger partial charge in [0.25, 0.3) is 0 Å². The molecule has 0 spiro atoms. The summed E-state index contributed by atoms with van der Waals surface area (Å²) in [5.41, 5.74) is 7.12. The summed E-state index contributed by atoms with van der Waals surface area (Å²) < 4.78 is 0. The van der Waals surface area contributed by atoms with Crippen molar-refractivity contribution >= 4 is 11.6 Å². The van der Waals surface area contributed by atoms with Crippen LogP contribution in [0, 0.1) is 0 Å². The Balaban J connectivity index is 2.20. The third kappa shape index (κ3) is 2.96. The normalized spacial score (nSPS) is 14.7. The van der Waals surface area contributed by atoms with Gasteiger partial charge < -0.3 is 15.5 Å². The summed E-state index contributed by atoms with van der Waals surface area (Å²) in [5.74, 6) is 1.46. The minimum Gasteiger partial charge on any atom is -0.369 e. The van der Waals surface area contributed by atoms with Gasteiger partial charge >= 0.3 is 0 Å². The van der Waals surface area contributed by atoms with Crippen molar-refractivity contribution in [3.8, 4) is 0 Å². The van der Waals surface area contributed by atoms with Gasteiger partial charge in [0.05, 0.1) is 0 Å². The zero-order valence-electron chi connectivity index (χ0n) is 11.3. The fourth-order valence-electron chi connectivity index (χ4n) is 2.10. The second-order valence-corrected chi connectivity index (χ2v) is 4.31. The van der Waals surface area contributed by atoms with Crippen molar-refractivity contribution in [2.45, 2.75) is 6.92 Å². The predicted molar refractivity (Wildman–Crippen MR) is 80.9 cm³/mol. The van der Waals surface area contributed by atoms with Gasteiger partial charge in [0, 0.05) is 25.3 Å². The Labute approximate surface area is 114 Å². The molecule has 0 radical (unpaired) electrons. The van der Waals surface area contributed by atoms with E-state index >= 15 is 0 Å². The van der Waals surface area contributed by atoms with Crippen molar-refractivity contribution < 1.29 is 0 Å². The molecule has 1 aliphatic heterocycles. The molecule has 0 atom stereocenters. The number of nitrogens with zero attached hydrogens (tertiary/aromatic N) is 3. The second kappa shape index (κ2) is 6.09. The van der Waals surface area contributed by atoms with Crippen molar-refractivity contribution in [3.05, 3.63) is 54.9 Å². The first-order chi connectivity index (χ1) is 9.26. The summed E-state index contributed by atoms with van der Waals surface area (Å²) in [6, 6.07) is 10.2. The smallest absolute Gasteiger partial charge is 0.198 e. The summed E-state index contributed by atoms with van der Waals surface area (Å²) >= 11 is 0. The van der Waals surface area contributed by atoms with Crippen LogP contribution < -0.4 is 10.6 Å². The van der Waals surface area contributed by atoms with Gasteiger partial charge in [-0.15, -0.1) is 6.58 Å². The minimum atomic E-state index is 0.548. The molecule has 1 aromatic carbocycles. The molecule has 4 nitrogen and oxygen atoms in total. The fraction of sp³-hybridized carbons (Fsp3) is 0.267. The van der Waals surface area contributed by atoms with Crippen molar-refractivity contribution in [1.82, 2.24) is 4.90 Å². The van der Waals surface area contributed by atoms with E-state index in [-0.39, 0.29) is 0 Å². The largest absolute Gasteiger partial charge is 0.369 e. The summed E-state index contributed by atoms with van der Waals surface area (Å²) in [4.78, 5) is 8.62. The number of guanidine groups is 1. The van der Waals surface area contributed by atoms with E-state index in [1.165, 1.54) is 0 Å². The van der Waals surface area contributed by atoms with Crippen molar-refractivity contribution in [2.24, 2.45) is 10.7 Å². The molecule has 0 saturated carbocycles. The zero-order chi connectivity index (χ0) is 13.7. The van der Waals surface area contributed by atoms with Crippen molar-refractivity contribution in [3.63, 3.8) is 0 Å². The average molecular weight is 256 g/mol. The first-order valence-electron chi connectivity index (χ1n) is 6.49. The lowest BCUT2D eigenvalue weighted by atomic mass is 10.2. The number of para-hydroxylation sites is 1. The van der Waals surface area contributed by atoms with Crippen molar-refractivity contribution in [1.29, 1.82) is 0 Å². The molecule has 2 N–H and O–H groups in total. The number of anilines is 1. The van der Waals surface area contributed by atoms with Gasteiger partial charge in [0.15, 0.2) is 5.96 Å². The van der Waals surface area contributed by atoms with Crippen LogP contribution in [0.2, 0.25) is 0 Å². The maximum Gasteiger partial charge on any atom is 0.198 e. The lowest BCUT2D eigenvalue weighted by Crippen LogP contribution is -2.41. The number of benzene rings is 1. The molecule has 0 fully saturated rings. The van der Waals surface area contributed by atoms with Gasteiger partial charge in [-0.3, -0.25) is 0 Å². The summed E-state index contributed by atoms with van der Waals surface area (Å²) in [6.07, 6.45) is 3.92. The lowest BCUT2D eigenvalue weighted by Gasteiger charge is -2.30. The number of hydrogen-bond acceptors (Lipinski definition) is 4. The van der Waals surface area contributed by atoms with Crippen LogP contribution in [0.4, 0.5) is 5.69 Å². The number of aliphatic imine (C=N–C) groups is 1. The molecule has 0 amide bonds. The Morgan fingerprint density at radius 3 is 2.74 bits per heavy atom. The SMILES string of the molecule is C=CCN1CC=C(N(CC)c2ccccc2)N=C1N. The summed E-state index contributed by atoms with van der Waals surface area (Å²) in [7, 11) is 0. The van der Waals surface area contributed by atoms with E-state index in [0.29, 0.717) is 5.96 Å². The van der Waals surface area contributed by atoms with Gasteiger partial charge in [-0.2, -0.15) is 4.99 Å². The van der Waals surface area contributed by atoms with E-state index in [2.05, 4.69) is 41.6 Å². The maximum atomic E-state index is 5.99. The van der Waals surface area contributed by atoms with E-state index in [1.54, 1.807) is 0 Å². The number of hydrogen-bond donors (Lipinski definition) is 1. The predicted octanol–water partition coefficient (Wildman–Crippen LogP) is 2.17. The zero-order valence-corrected chi connectivity index (χ0v) is 11.3. The number of rotatable bonds is 5. The molecule has 19 heavy (non-hydrogen) atoms. The first-order valence-corrected chi connectivity index (χ1v) is 6.49. The lowest BCUT2D eigenvalue weighted by molar-refractivity contribution is 0.495. The average Bonchev–Trinajstić information content (AvgIpc) is 2.44. The highest BCUT2D eigenvalue weighted by Gasteiger charge is 2.16. The molecule has 0 saturated heterocycles. The molecule has 4 heteroatoms. The molecule has 2 rings (SSSR count). The van der Waals surface area contributed by atoms with E-state index in [1.807, 2.05) is 29.2 Å². The van der Waals surface area contributed by atoms with Crippen LogP contribution in [-0.4, -0.2) is 30.5 Å². The minimum absolute atomic E-state index is 0.548. The highest BCUT2D eigenvalue weighted by Crippen LogP contribution is 2.21. The summed E-state index contributed by atoms with van der Waals surface area (Å²) in [5, 5.41) is 0. The summed E-state index contributed by atoms with van der Waals surface area (Å²) in [6.45, 7) is 8.17. The maximum absolute atomic E-state index is 5.99. The molecule has 0 aliphatic carbocycles. The molecular weight excluding hydrogens is 236 g/mol. The first kappa shape index (κ1) is 13.2. The van der Waals surface area contributed by atoms with E-state index in [4.69, 9.17) is 5.73 Å². The molecule has 1 heterocycles. The standard InChI is InChI=1S/C15H20N4/c1-3-11-18-12-10-14(17-15(18)16)19(4-2)13-8-6-5-7-9-13/h3,5-10H,1,4,11-12H2,2H3,(H2,16,17). The molecule has 1 aliphatic rings. The monoisotopic (exact) mass is 256 g/mol. The third-order valence-corrected chi connectivity index (χ3v) is 3.06. The van der Waals surface area contributed by atoms with Crippen LogP contribution in [0.1, 0.15) is 6.92 Å². The Bertz CT molecular complexity index is 490. The van der Waals surface area contributed by atoms with Crippen LogP contribution in [0.25, 0.3) is 0 Å². The molecule has 0 unspecified atom stereocenters.